The number of unbranched alkanes of at least 4 members (excludes halogenated alkanes) is 17. The maximum absolute atomic E-state index is 8.98. The van der Waals surface area contributed by atoms with E-state index in [4.69, 9.17) is 4.79 Å². The second-order valence-electron chi connectivity index (χ2n) is 6.88. The van der Waals surface area contributed by atoms with Gasteiger partial charge in [-0.25, -0.2) is 0 Å². The summed E-state index contributed by atoms with van der Waals surface area (Å²) >= 11 is 8.80. The molecule has 24 heavy (non-hydrogen) atoms. The highest BCUT2D eigenvalue weighted by molar-refractivity contribution is 6.93. The first kappa shape index (κ1) is 26.5. The van der Waals surface area contributed by atoms with E-state index < -0.39 is 4.70 Å². The molecule has 0 spiro atoms. The number of halogens is 2. The van der Waals surface area contributed by atoms with E-state index in [2.05, 4.69) is 37.0 Å². The van der Waals surface area contributed by atoms with Crippen molar-refractivity contribution in [3.63, 3.8) is 0 Å². The maximum Gasteiger partial charge on any atom is 0.313 e. The molecule has 0 atom stereocenters. The van der Waals surface area contributed by atoms with Gasteiger partial charge < -0.3 is 0 Å². The van der Waals surface area contributed by atoms with Gasteiger partial charge in [0, 0.05) is 0 Å². The number of carbonyl (C=O) groups is 1. The molecule has 0 unspecified atom stereocenters. The second kappa shape index (κ2) is 25.5. The Labute approximate surface area is 162 Å². The fourth-order valence-corrected chi connectivity index (χ4v) is 2.97. The van der Waals surface area contributed by atoms with Crippen molar-refractivity contribution in [2.24, 2.45) is 0 Å². The number of rotatable bonds is 17. The molecule has 0 amide bonds. The molecular formula is C21H42Cl2O. The average molecular weight is 381 g/mol. The van der Waals surface area contributed by atoms with E-state index in [1.54, 1.807) is 0 Å². The van der Waals surface area contributed by atoms with Crippen molar-refractivity contribution in [2.75, 3.05) is 0 Å². The Morgan fingerprint density at radius 2 is 0.583 bits per heavy atom. The Bertz CT molecular complexity index is 210. The monoisotopic (exact) mass is 380 g/mol. The summed E-state index contributed by atoms with van der Waals surface area (Å²) in [5, 5.41) is 0. The Morgan fingerprint density at radius 3 is 0.708 bits per heavy atom. The SMILES string of the molecule is CCCCCCCCCCCCCCCCCCCC.O=C(Cl)Cl. The van der Waals surface area contributed by atoms with Crippen molar-refractivity contribution >= 4 is 27.9 Å². The fraction of sp³-hybridized carbons (Fsp3) is 0.952. The van der Waals surface area contributed by atoms with E-state index in [0.717, 1.165) is 0 Å². The van der Waals surface area contributed by atoms with Crippen LogP contribution >= 0.6 is 23.2 Å². The van der Waals surface area contributed by atoms with Gasteiger partial charge in [-0.2, -0.15) is 0 Å². The quantitative estimate of drug-likeness (QED) is 0.181. The lowest BCUT2D eigenvalue weighted by atomic mass is 10.0. The minimum absolute atomic E-state index is 0.889. The van der Waals surface area contributed by atoms with Gasteiger partial charge in [-0.15, -0.1) is 0 Å². The van der Waals surface area contributed by atoms with Crippen molar-refractivity contribution < 1.29 is 4.79 Å². The summed E-state index contributed by atoms with van der Waals surface area (Å²) in [6.07, 6.45) is 26.4. The molecule has 0 aromatic heterocycles. The summed E-state index contributed by atoms with van der Waals surface area (Å²) in [6.45, 7) is 4.59. The smallest absolute Gasteiger partial charge is 0.262 e. The molecule has 0 aliphatic rings. The number of hydrogen-bond acceptors (Lipinski definition) is 1. The van der Waals surface area contributed by atoms with Crippen molar-refractivity contribution in [2.45, 2.75) is 129 Å². The number of carbonyl (C=O) groups excluding carboxylic acids is 1. The third-order valence-electron chi connectivity index (χ3n) is 4.46. The summed E-state index contributed by atoms with van der Waals surface area (Å²) < 4.78 is -0.889. The standard InChI is InChI=1S/C20H42.CCl2O/c1-3-5-7-9-11-13-15-17-19-20-18-16-14-12-10-8-6-4-2;2-1(3)4/h3-20H2,1-2H3;. The highest BCUT2D eigenvalue weighted by atomic mass is 35.5. The van der Waals surface area contributed by atoms with Crippen LogP contribution in [0.5, 0.6) is 0 Å². The second-order valence-corrected chi connectivity index (χ2v) is 7.76. The van der Waals surface area contributed by atoms with E-state index in [9.17, 15) is 0 Å². The van der Waals surface area contributed by atoms with Crippen molar-refractivity contribution in [3.8, 4) is 0 Å². The van der Waals surface area contributed by atoms with Gasteiger partial charge in [-0.3, -0.25) is 4.79 Å². The van der Waals surface area contributed by atoms with Crippen LogP contribution < -0.4 is 0 Å². The minimum Gasteiger partial charge on any atom is -0.262 e. The summed E-state index contributed by atoms with van der Waals surface area (Å²) in [5.74, 6) is 0. The number of hydrogen-bond donors (Lipinski definition) is 0. The van der Waals surface area contributed by atoms with Gasteiger partial charge in [0.25, 0.3) is 0 Å². The van der Waals surface area contributed by atoms with E-state index in [1.807, 2.05) is 0 Å². The van der Waals surface area contributed by atoms with Gasteiger partial charge in [0.1, 0.15) is 0 Å². The molecule has 0 fully saturated rings. The molecule has 3 heteroatoms. The zero-order valence-corrected chi connectivity index (χ0v) is 17.9. The highest BCUT2D eigenvalue weighted by Crippen LogP contribution is 2.14. The van der Waals surface area contributed by atoms with Gasteiger partial charge in [0.05, 0.1) is 0 Å². The van der Waals surface area contributed by atoms with Crippen LogP contribution in [0.2, 0.25) is 0 Å². The van der Waals surface area contributed by atoms with E-state index in [1.165, 1.54) is 116 Å². The zero-order chi connectivity index (χ0) is 18.3. The molecule has 0 rings (SSSR count). The van der Waals surface area contributed by atoms with Crippen LogP contribution in [0.4, 0.5) is 4.79 Å². The van der Waals surface area contributed by atoms with Crippen LogP contribution in [-0.2, 0) is 0 Å². The van der Waals surface area contributed by atoms with Crippen LogP contribution in [0.25, 0.3) is 0 Å². The molecule has 0 aliphatic carbocycles. The molecule has 0 N–H and O–H groups in total. The zero-order valence-electron chi connectivity index (χ0n) is 16.4. The molecule has 0 bridgehead atoms. The van der Waals surface area contributed by atoms with Crippen LogP contribution in [0.3, 0.4) is 0 Å². The van der Waals surface area contributed by atoms with Gasteiger partial charge in [0.15, 0.2) is 0 Å². The Kier molecular flexibility index (Phi) is 28.1. The van der Waals surface area contributed by atoms with Crippen LogP contribution in [0, 0.1) is 0 Å². The van der Waals surface area contributed by atoms with Crippen molar-refractivity contribution in [1.82, 2.24) is 0 Å². The van der Waals surface area contributed by atoms with Crippen LogP contribution in [0.1, 0.15) is 129 Å². The molecular weight excluding hydrogens is 339 g/mol. The van der Waals surface area contributed by atoms with Gasteiger partial charge in [-0.1, -0.05) is 129 Å². The summed E-state index contributed by atoms with van der Waals surface area (Å²) in [7, 11) is 0. The third kappa shape index (κ3) is 33.8. The molecule has 0 aromatic carbocycles. The van der Waals surface area contributed by atoms with E-state index >= 15 is 0 Å². The first-order valence-corrected chi connectivity index (χ1v) is 11.3. The maximum atomic E-state index is 8.98. The minimum atomic E-state index is -0.889. The van der Waals surface area contributed by atoms with Crippen molar-refractivity contribution in [3.05, 3.63) is 0 Å². The molecule has 0 aromatic rings. The molecule has 1 nitrogen and oxygen atoms in total. The Balaban J connectivity index is 0. The van der Waals surface area contributed by atoms with Gasteiger partial charge in [-0.05, 0) is 23.2 Å². The molecule has 0 heterocycles. The lowest BCUT2D eigenvalue weighted by Crippen LogP contribution is -1.83. The largest absolute Gasteiger partial charge is 0.313 e. The Hall–Kier alpha value is 0.250. The van der Waals surface area contributed by atoms with Crippen LogP contribution in [0.15, 0.2) is 0 Å². The Morgan fingerprint density at radius 1 is 0.458 bits per heavy atom. The first-order valence-electron chi connectivity index (χ1n) is 10.5. The summed E-state index contributed by atoms with van der Waals surface area (Å²) in [4.78, 5) is 8.98. The van der Waals surface area contributed by atoms with Crippen LogP contribution in [-0.4, -0.2) is 4.70 Å². The average Bonchev–Trinajstić information content (AvgIpc) is 2.54. The lowest BCUT2D eigenvalue weighted by molar-refractivity contribution is 0.275. The topological polar surface area (TPSA) is 17.1 Å². The summed E-state index contributed by atoms with van der Waals surface area (Å²) in [5.41, 5.74) is 0. The highest BCUT2D eigenvalue weighted by Gasteiger charge is 1.94. The van der Waals surface area contributed by atoms with E-state index in [-0.39, 0.29) is 0 Å². The lowest BCUT2D eigenvalue weighted by Gasteiger charge is -2.03. The van der Waals surface area contributed by atoms with E-state index in [0.29, 0.717) is 0 Å². The normalized spacial score (nSPS) is 10.3. The fourth-order valence-electron chi connectivity index (χ4n) is 2.97. The molecule has 0 aliphatic heterocycles. The van der Waals surface area contributed by atoms with Gasteiger partial charge in [0.2, 0.25) is 0 Å². The molecule has 146 valence electrons. The third-order valence-corrected chi connectivity index (χ3v) is 4.46. The van der Waals surface area contributed by atoms with Gasteiger partial charge >= 0.3 is 4.70 Å². The summed E-state index contributed by atoms with van der Waals surface area (Å²) in [6, 6.07) is 0. The molecule has 0 saturated heterocycles. The van der Waals surface area contributed by atoms with Crippen molar-refractivity contribution in [1.29, 1.82) is 0 Å². The molecule has 0 saturated carbocycles. The predicted molar refractivity (Wildman–Crippen MR) is 112 cm³/mol. The first-order chi connectivity index (χ1) is 11.6. The predicted octanol–water partition coefficient (Wildman–Crippen LogP) is 9.63. The molecule has 0 radical (unpaired) electrons.